The summed E-state index contributed by atoms with van der Waals surface area (Å²) in [4.78, 5) is 2.18. The molecule has 0 atom stereocenters. The van der Waals surface area contributed by atoms with Crippen molar-refractivity contribution in [3.63, 3.8) is 0 Å². The van der Waals surface area contributed by atoms with Gasteiger partial charge in [-0.1, -0.05) is 0 Å². The van der Waals surface area contributed by atoms with Gasteiger partial charge in [0.05, 0.1) is 0 Å². The molecule has 0 aliphatic carbocycles. The van der Waals surface area contributed by atoms with Crippen LogP contribution in [0.4, 0.5) is 8.78 Å². The molecule has 0 N–H and O–H groups in total. The molecule has 3 aromatic carbocycles. The van der Waals surface area contributed by atoms with Crippen LogP contribution in [0.2, 0.25) is 0 Å². The van der Waals surface area contributed by atoms with Crippen LogP contribution in [0.15, 0.2) is 83.8 Å². The van der Waals surface area contributed by atoms with Gasteiger partial charge in [-0.25, -0.2) is 0 Å². The molecule has 3 heteroatoms. The molecule has 0 saturated heterocycles. The van der Waals surface area contributed by atoms with Gasteiger partial charge >= 0.3 is 139 Å². The Morgan fingerprint density at radius 1 is 0.609 bits per heavy atom. The predicted octanol–water partition coefficient (Wildman–Crippen LogP) is 3.83. The first kappa shape index (κ1) is 15.7. The van der Waals surface area contributed by atoms with Crippen LogP contribution in [0, 0.1) is 11.6 Å². The second-order valence-electron chi connectivity index (χ2n) is 4.96. The summed E-state index contributed by atoms with van der Waals surface area (Å²) in [5, 5.41) is 0. The number of hydrogen-bond acceptors (Lipinski definition) is 0. The van der Waals surface area contributed by atoms with Crippen molar-refractivity contribution in [1.29, 1.82) is 0 Å². The van der Waals surface area contributed by atoms with E-state index in [4.69, 9.17) is 0 Å². The summed E-state index contributed by atoms with van der Waals surface area (Å²) in [5.74, 6) is -0.490. The van der Waals surface area contributed by atoms with E-state index in [2.05, 4.69) is 11.1 Å². The summed E-state index contributed by atoms with van der Waals surface area (Å²) < 4.78 is 28.6. The van der Waals surface area contributed by atoms with Crippen molar-refractivity contribution < 1.29 is 8.78 Å². The van der Waals surface area contributed by atoms with Crippen molar-refractivity contribution in [1.82, 2.24) is 0 Å². The minimum atomic E-state index is -1.51. The van der Waals surface area contributed by atoms with Gasteiger partial charge in [-0.05, 0) is 0 Å². The third-order valence-electron chi connectivity index (χ3n) is 3.33. The standard InChI is InChI=1S/C20H15F2Se/c21-17-6-10-19(11-7-17)23(20-12-8-18(22)9-13-20)15-14-16-4-2-1-3-5-16/h1-15H/q+1/b15-14+. The minimum absolute atomic E-state index is 0.245. The van der Waals surface area contributed by atoms with E-state index in [1.165, 1.54) is 24.3 Å². The van der Waals surface area contributed by atoms with E-state index >= 15 is 0 Å². The molecule has 0 aliphatic rings. The first-order chi connectivity index (χ1) is 11.2. The van der Waals surface area contributed by atoms with Gasteiger partial charge < -0.3 is 0 Å². The molecule has 3 aromatic rings. The van der Waals surface area contributed by atoms with E-state index in [9.17, 15) is 8.78 Å². The fourth-order valence-electron chi connectivity index (χ4n) is 2.17. The van der Waals surface area contributed by atoms with E-state index < -0.39 is 13.9 Å². The van der Waals surface area contributed by atoms with E-state index in [-0.39, 0.29) is 11.6 Å². The third kappa shape index (κ3) is 4.16. The van der Waals surface area contributed by atoms with Gasteiger partial charge in [0, 0.05) is 0 Å². The van der Waals surface area contributed by atoms with Crippen LogP contribution in [0.25, 0.3) is 6.08 Å². The molecule has 0 nitrogen and oxygen atoms in total. The fourth-order valence-corrected chi connectivity index (χ4v) is 5.81. The summed E-state index contributed by atoms with van der Waals surface area (Å²) in [6.45, 7) is 0. The predicted molar refractivity (Wildman–Crippen MR) is 93.3 cm³/mol. The van der Waals surface area contributed by atoms with Crippen LogP contribution in [0.3, 0.4) is 0 Å². The van der Waals surface area contributed by atoms with Crippen LogP contribution < -0.4 is 8.92 Å². The summed E-state index contributed by atoms with van der Waals surface area (Å²) in [5.41, 5.74) is 1.12. The zero-order valence-electron chi connectivity index (χ0n) is 12.3. The quantitative estimate of drug-likeness (QED) is 0.611. The van der Waals surface area contributed by atoms with Crippen LogP contribution in [-0.4, -0.2) is 13.9 Å². The average molecular weight is 372 g/mol. The topological polar surface area (TPSA) is 0 Å². The molecule has 0 amide bonds. The molecular weight excluding hydrogens is 357 g/mol. The Balaban J connectivity index is 1.97. The van der Waals surface area contributed by atoms with Gasteiger partial charge in [0.2, 0.25) is 0 Å². The van der Waals surface area contributed by atoms with E-state index in [1.807, 2.05) is 54.6 Å². The summed E-state index contributed by atoms with van der Waals surface area (Å²) in [6.07, 6.45) is 2.08. The Bertz CT molecular complexity index is 733. The number of halogens is 2. The molecule has 0 aromatic heterocycles. The molecule has 0 saturated carbocycles. The molecule has 3 rings (SSSR count). The summed E-state index contributed by atoms with van der Waals surface area (Å²) in [6, 6.07) is 23.2. The van der Waals surface area contributed by atoms with Gasteiger partial charge in [0.1, 0.15) is 0 Å². The van der Waals surface area contributed by atoms with Crippen molar-refractivity contribution in [3.05, 3.63) is 101 Å². The molecular formula is C20H15F2Se+. The second kappa shape index (κ2) is 7.36. The van der Waals surface area contributed by atoms with E-state index in [0.29, 0.717) is 0 Å². The van der Waals surface area contributed by atoms with Crippen LogP contribution in [-0.2, 0) is 0 Å². The monoisotopic (exact) mass is 373 g/mol. The first-order valence-corrected chi connectivity index (χ1v) is 9.90. The van der Waals surface area contributed by atoms with Crippen LogP contribution in [0.1, 0.15) is 5.56 Å². The molecule has 0 radical (unpaired) electrons. The fraction of sp³-hybridized carbons (Fsp3) is 0. The van der Waals surface area contributed by atoms with Gasteiger partial charge in [0.25, 0.3) is 0 Å². The van der Waals surface area contributed by atoms with E-state index in [0.717, 1.165) is 14.5 Å². The molecule has 0 spiro atoms. The molecule has 0 unspecified atom stereocenters. The summed E-state index contributed by atoms with van der Waals surface area (Å²) in [7, 11) is 0. The Labute approximate surface area is 139 Å². The molecule has 0 heterocycles. The van der Waals surface area contributed by atoms with Gasteiger partial charge in [-0.2, -0.15) is 0 Å². The first-order valence-electron chi connectivity index (χ1n) is 7.20. The maximum absolute atomic E-state index is 13.2. The second-order valence-corrected chi connectivity index (χ2v) is 8.93. The van der Waals surface area contributed by atoms with E-state index in [1.54, 1.807) is 0 Å². The van der Waals surface area contributed by atoms with Gasteiger partial charge in [-0.3, -0.25) is 0 Å². The molecule has 114 valence electrons. The Hall–Kier alpha value is -2.22. The number of hydrogen-bond donors (Lipinski definition) is 0. The maximum atomic E-state index is 13.2. The molecule has 0 fully saturated rings. The Morgan fingerprint density at radius 3 is 1.57 bits per heavy atom. The zero-order valence-corrected chi connectivity index (χ0v) is 14.0. The van der Waals surface area contributed by atoms with Gasteiger partial charge in [0.15, 0.2) is 0 Å². The molecule has 0 bridgehead atoms. The Kier molecular flexibility index (Phi) is 5.02. The van der Waals surface area contributed by atoms with Crippen molar-refractivity contribution in [2.24, 2.45) is 0 Å². The van der Waals surface area contributed by atoms with Crippen LogP contribution >= 0.6 is 0 Å². The van der Waals surface area contributed by atoms with Crippen molar-refractivity contribution in [2.45, 2.75) is 0 Å². The van der Waals surface area contributed by atoms with Crippen LogP contribution in [0.5, 0.6) is 0 Å². The van der Waals surface area contributed by atoms with Crippen molar-refractivity contribution in [3.8, 4) is 0 Å². The van der Waals surface area contributed by atoms with Gasteiger partial charge in [-0.15, -0.1) is 0 Å². The summed E-state index contributed by atoms with van der Waals surface area (Å²) >= 11 is -1.51. The Morgan fingerprint density at radius 2 is 1.09 bits per heavy atom. The third-order valence-corrected chi connectivity index (χ3v) is 7.46. The zero-order chi connectivity index (χ0) is 16.1. The van der Waals surface area contributed by atoms with Crippen molar-refractivity contribution >= 4 is 28.9 Å². The normalized spacial score (nSPS) is 11.3. The molecule has 0 aliphatic heterocycles. The number of benzene rings is 3. The number of rotatable bonds is 4. The average Bonchev–Trinajstić information content (AvgIpc) is 2.59. The molecule has 23 heavy (non-hydrogen) atoms. The SMILES string of the molecule is Fc1ccc([Se+](/C=C/c2ccccc2)c2ccc(F)cc2)cc1. The van der Waals surface area contributed by atoms with Crippen molar-refractivity contribution in [2.75, 3.05) is 0 Å².